The van der Waals surface area contributed by atoms with Crippen LogP contribution in [0.2, 0.25) is 0 Å². The second-order valence-electron chi connectivity index (χ2n) is 6.28. The fourth-order valence-corrected chi connectivity index (χ4v) is 5.84. The maximum absolute atomic E-state index is 2.29. The van der Waals surface area contributed by atoms with Crippen LogP contribution in [0.15, 0.2) is 139 Å². The molecule has 0 aromatic heterocycles. The van der Waals surface area contributed by atoms with Crippen LogP contribution < -0.4 is 0 Å². The minimum Gasteiger partial charge on any atom is -0.0901 e. The first-order valence-electron chi connectivity index (χ1n) is 9.10. The van der Waals surface area contributed by atoms with Gasteiger partial charge in [-0.3, -0.25) is 0 Å². The molecular weight excluding hydrogens is 396 g/mol. The lowest BCUT2D eigenvalue weighted by atomic mass is 10.4. The molecule has 4 rings (SSSR count). The summed E-state index contributed by atoms with van der Waals surface area (Å²) in [5, 5.41) is 0. The quantitative estimate of drug-likeness (QED) is 0.295. The molecule has 138 valence electrons. The van der Waals surface area contributed by atoms with Crippen molar-refractivity contribution in [1.29, 1.82) is 0 Å². The van der Waals surface area contributed by atoms with E-state index in [1.54, 1.807) is 11.8 Å². The van der Waals surface area contributed by atoms with Gasteiger partial charge < -0.3 is 0 Å². The summed E-state index contributed by atoms with van der Waals surface area (Å²) in [6.07, 6.45) is 2.29. The van der Waals surface area contributed by atoms with Crippen molar-refractivity contribution in [3.63, 3.8) is 0 Å². The van der Waals surface area contributed by atoms with Gasteiger partial charge in [0.2, 0.25) is 0 Å². The second-order valence-corrected chi connectivity index (χ2v) is 10.5. The van der Waals surface area contributed by atoms with Crippen molar-refractivity contribution in [1.82, 2.24) is 0 Å². The van der Waals surface area contributed by atoms with Crippen molar-refractivity contribution < 1.29 is 0 Å². The molecule has 0 radical (unpaired) electrons. The second kappa shape index (κ2) is 9.42. The summed E-state index contributed by atoms with van der Waals surface area (Å²) >= 11 is 3.61. The first-order chi connectivity index (χ1) is 13.8. The minimum atomic E-state index is 0.114. The van der Waals surface area contributed by atoms with E-state index in [9.17, 15) is 0 Å². The molecule has 1 atom stereocenters. The van der Waals surface area contributed by atoms with E-state index in [0.717, 1.165) is 0 Å². The smallest absolute Gasteiger partial charge is 0.0901 e. The summed E-state index contributed by atoms with van der Waals surface area (Å²) in [5.74, 6) is 0. The van der Waals surface area contributed by atoms with Gasteiger partial charge in [0.15, 0.2) is 9.79 Å². The maximum atomic E-state index is 2.29. The van der Waals surface area contributed by atoms with Crippen LogP contribution in [0.5, 0.6) is 0 Å². The number of benzene rings is 4. The third-order valence-corrected chi connectivity index (χ3v) is 8.30. The molecule has 0 saturated heterocycles. The zero-order valence-corrected chi connectivity index (χ0v) is 18.1. The average Bonchev–Trinajstić information content (AvgIpc) is 2.76. The zero-order valence-electron chi connectivity index (χ0n) is 15.6. The Bertz CT molecular complexity index is 995. The molecule has 4 aromatic rings. The largest absolute Gasteiger partial charge is 0.160 e. The van der Waals surface area contributed by atoms with Gasteiger partial charge in [0.1, 0.15) is 6.26 Å². The van der Waals surface area contributed by atoms with E-state index in [1.165, 1.54) is 29.4 Å². The Labute approximate surface area is 178 Å². The molecule has 4 aromatic carbocycles. The molecule has 28 heavy (non-hydrogen) atoms. The SMILES string of the molecule is C[S+](c1ccccc1)c1ccc(Sc2ccc(Sc3ccccc3)cc2)cc1. The Morgan fingerprint density at radius 2 is 0.786 bits per heavy atom. The Kier molecular flexibility index (Phi) is 6.48. The Morgan fingerprint density at radius 3 is 1.29 bits per heavy atom. The lowest BCUT2D eigenvalue weighted by Gasteiger charge is -2.06. The van der Waals surface area contributed by atoms with E-state index < -0.39 is 0 Å². The van der Waals surface area contributed by atoms with Gasteiger partial charge in [-0.25, -0.2) is 0 Å². The molecular formula is C25H21S3+. The van der Waals surface area contributed by atoms with Crippen LogP contribution in [0.3, 0.4) is 0 Å². The fraction of sp³-hybridized carbons (Fsp3) is 0.0400. The molecule has 0 nitrogen and oxygen atoms in total. The van der Waals surface area contributed by atoms with Gasteiger partial charge in [0.25, 0.3) is 0 Å². The molecule has 1 unspecified atom stereocenters. The zero-order chi connectivity index (χ0) is 19.2. The van der Waals surface area contributed by atoms with Gasteiger partial charge >= 0.3 is 0 Å². The molecule has 0 aliphatic carbocycles. The third-order valence-electron chi connectivity index (χ3n) is 4.31. The monoisotopic (exact) mass is 417 g/mol. The van der Waals surface area contributed by atoms with Crippen LogP contribution in [0.25, 0.3) is 0 Å². The highest BCUT2D eigenvalue weighted by Gasteiger charge is 2.18. The lowest BCUT2D eigenvalue weighted by molar-refractivity contribution is 1.30. The summed E-state index contributed by atoms with van der Waals surface area (Å²) in [7, 11) is 0.114. The Morgan fingerprint density at radius 1 is 0.429 bits per heavy atom. The van der Waals surface area contributed by atoms with E-state index in [4.69, 9.17) is 0 Å². The molecule has 0 amide bonds. The number of rotatable bonds is 6. The first-order valence-corrected chi connectivity index (χ1v) is 12.4. The number of hydrogen-bond acceptors (Lipinski definition) is 2. The lowest BCUT2D eigenvalue weighted by Crippen LogP contribution is -1.99. The first kappa shape index (κ1) is 19.3. The summed E-state index contributed by atoms with van der Waals surface area (Å²) in [6, 6.07) is 39.0. The van der Waals surface area contributed by atoms with Crippen LogP contribution >= 0.6 is 23.5 Å². The van der Waals surface area contributed by atoms with Crippen molar-refractivity contribution in [3.05, 3.63) is 109 Å². The standard InChI is InChI=1S/C25H21S3/c1-28(24-10-6-3-7-11-24)25-18-16-23(17-19-25)27-22-14-12-21(13-15-22)26-20-8-4-2-5-9-20/h2-19H,1H3/q+1. The third kappa shape index (κ3) is 5.05. The summed E-state index contributed by atoms with van der Waals surface area (Å²) < 4.78 is 0. The molecule has 0 N–H and O–H groups in total. The predicted octanol–water partition coefficient (Wildman–Crippen LogP) is 7.66. The van der Waals surface area contributed by atoms with Crippen LogP contribution in [0.1, 0.15) is 0 Å². The van der Waals surface area contributed by atoms with Gasteiger partial charge in [-0.05, 0) is 72.8 Å². The average molecular weight is 418 g/mol. The van der Waals surface area contributed by atoms with Crippen molar-refractivity contribution in [2.45, 2.75) is 29.4 Å². The number of hydrogen-bond donors (Lipinski definition) is 0. The summed E-state index contributed by atoms with van der Waals surface area (Å²) in [6.45, 7) is 0. The van der Waals surface area contributed by atoms with E-state index in [0.29, 0.717) is 0 Å². The van der Waals surface area contributed by atoms with E-state index in [1.807, 2.05) is 11.8 Å². The highest BCUT2D eigenvalue weighted by Crippen LogP contribution is 2.33. The predicted molar refractivity (Wildman–Crippen MR) is 124 cm³/mol. The van der Waals surface area contributed by atoms with Gasteiger partial charge in [0.05, 0.1) is 10.9 Å². The van der Waals surface area contributed by atoms with E-state index in [-0.39, 0.29) is 10.9 Å². The highest BCUT2D eigenvalue weighted by atomic mass is 32.2. The minimum absolute atomic E-state index is 0.114. The van der Waals surface area contributed by atoms with Crippen LogP contribution in [-0.4, -0.2) is 6.26 Å². The normalized spacial score (nSPS) is 11.9. The molecule has 0 aliphatic heterocycles. The van der Waals surface area contributed by atoms with Gasteiger partial charge in [-0.15, -0.1) is 0 Å². The molecule has 0 heterocycles. The molecule has 0 aliphatic rings. The van der Waals surface area contributed by atoms with Crippen LogP contribution in [0, 0.1) is 0 Å². The maximum Gasteiger partial charge on any atom is 0.160 e. The van der Waals surface area contributed by atoms with Crippen molar-refractivity contribution in [2.24, 2.45) is 0 Å². The van der Waals surface area contributed by atoms with Crippen LogP contribution in [0.4, 0.5) is 0 Å². The summed E-state index contributed by atoms with van der Waals surface area (Å²) in [4.78, 5) is 7.84. The van der Waals surface area contributed by atoms with Crippen molar-refractivity contribution in [3.8, 4) is 0 Å². The highest BCUT2D eigenvalue weighted by molar-refractivity contribution is 7.99. The van der Waals surface area contributed by atoms with Gasteiger partial charge in [0, 0.05) is 19.6 Å². The van der Waals surface area contributed by atoms with Crippen molar-refractivity contribution >= 4 is 34.4 Å². The van der Waals surface area contributed by atoms with Gasteiger partial charge in [-0.1, -0.05) is 59.9 Å². The topological polar surface area (TPSA) is 0 Å². The van der Waals surface area contributed by atoms with Gasteiger partial charge in [-0.2, -0.15) is 0 Å². The van der Waals surface area contributed by atoms with Crippen LogP contribution in [-0.2, 0) is 10.9 Å². The molecule has 0 spiro atoms. The molecule has 0 saturated carbocycles. The summed E-state index contributed by atoms with van der Waals surface area (Å²) in [5.41, 5.74) is 0. The fourth-order valence-electron chi connectivity index (χ4n) is 2.81. The van der Waals surface area contributed by atoms with E-state index >= 15 is 0 Å². The Hall–Kier alpha value is -2.07. The molecule has 3 heteroatoms. The molecule has 0 bridgehead atoms. The van der Waals surface area contributed by atoms with Crippen molar-refractivity contribution in [2.75, 3.05) is 6.26 Å². The Balaban J connectivity index is 1.40. The van der Waals surface area contributed by atoms with E-state index in [2.05, 4.69) is 115 Å². The molecule has 0 fully saturated rings.